The van der Waals surface area contributed by atoms with Crippen LogP contribution in [0, 0.1) is 10.1 Å². The molecule has 0 spiro atoms. The van der Waals surface area contributed by atoms with Gasteiger partial charge in [-0.1, -0.05) is 12.1 Å². The summed E-state index contributed by atoms with van der Waals surface area (Å²) in [6.45, 7) is 1.73. The zero-order valence-electron chi connectivity index (χ0n) is 15.8. The van der Waals surface area contributed by atoms with Gasteiger partial charge >= 0.3 is 5.97 Å². The summed E-state index contributed by atoms with van der Waals surface area (Å²) in [7, 11) is 0. The summed E-state index contributed by atoms with van der Waals surface area (Å²) in [4.78, 5) is 35.1. The van der Waals surface area contributed by atoms with E-state index in [1.54, 1.807) is 24.3 Å². The van der Waals surface area contributed by atoms with Gasteiger partial charge in [-0.15, -0.1) is 0 Å². The maximum absolute atomic E-state index is 12.2. The normalized spacial score (nSPS) is 12.7. The summed E-state index contributed by atoms with van der Waals surface area (Å²) in [5.41, 5.74) is 0.614. The minimum atomic E-state index is -0.820. The molecule has 1 fully saturated rings. The number of hydrogen-bond donors (Lipinski definition) is 2. The fourth-order valence-corrected chi connectivity index (χ4v) is 2.63. The van der Waals surface area contributed by atoms with E-state index < -0.39 is 23.4 Å². The van der Waals surface area contributed by atoms with E-state index in [2.05, 4.69) is 10.6 Å². The van der Waals surface area contributed by atoms with Crippen LogP contribution < -0.4 is 15.4 Å². The number of ether oxygens (including phenoxy) is 2. The second-order valence-electron chi connectivity index (χ2n) is 6.46. The van der Waals surface area contributed by atoms with Gasteiger partial charge < -0.3 is 20.1 Å². The Morgan fingerprint density at radius 2 is 1.93 bits per heavy atom. The number of anilines is 2. The van der Waals surface area contributed by atoms with Crippen molar-refractivity contribution < 1.29 is 24.0 Å². The molecule has 1 saturated carbocycles. The number of nitro benzene ring substituents is 1. The van der Waals surface area contributed by atoms with Gasteiger partial charge in [-0.2, -0.15) is 0 Å². The van der Waals surface area contributed by atoms with Crippen LogP contribution in [-0.2, 0) is 9.53 Å². The van der Waals surface area contributed by atoms with Gasteiger partial charge in [-0.05, 0) is 44.0 Å². The van der Waals surface area contributed by atoms with Crippen LogP contribution >= 0.6 is 0 Å². The van der Waals surface area contributed by atoms with Crippen LogP contribution in [0.2, 0.25) is 0 Å². The van der Waals surface area contributed by atoms with E-state index in [4.69, 9.17) is 9.47 Å². The lowest BCUT2D eigenvalue weighted by Gasteiger charge is -2.11. The van der Waals surface area contributed by atoms with Crippen molar-refractivity contribution in [2.24, 2.45) is 0 Å². The lowest BCUT2D eigenvalue weighted by atomic mass is 10.1. The largest absolute Gasteiger partial charge is 0.492 e. The molecule has 9 heteroatoms. The van der Waals surface area contributed by atoms with Gasteiger partial charge in [0.1, 0.15) is 11.4 Å². The highest BCUT2D eigenvalue weighted by molar-refractivity contribution is 5.97. The third-order valence-corrected chi connectivity index (χ3v) is 4.16. The van der Waals surface area contributed by atoms with Crippen molar-refractivity contribution >= 4 is 28.9 Å². The van der Waals surface area contributed by atoms with Crippen LogP contribution in [0.25, 0.3) is 0 Å². The first kappa shape index (κ1) is 20.1. The standard InChI is InChI=1S/C20H21N3O6/c1-2-28-18-6-4-3-5-16(18)22-19(24)12-29-20(25)13-7-10-15(21-14-8-9-14)17(11-13)23(26)27/h3-7,10-11,14,21H,2,8-9,12H2,1H3,(H,22,24). The molecule has 2 aromatic rings. The maximum Gasteiger partial charge on any atom is 0.338 e. The van der Waals surface area contributed by atoms with Crippen molar-refractivity contribution in [2.75, 3.05) is 23.8 Å². The molecule has 2 aromatic carbocycles. The second kappa shape index (κ2) is 9.05. The molecule has 1 aliphatic rings. The van der Waals surface area contributed by atoms with Gasteiger partial charge in [-0.3, -0.25) is 14.9 Å². The van der Waals surface area contributed by atoms with Crippen LogP contribution in [0.3, 0.4) is 0 Å². The lowest BCUT2D eigenvalue weighted by molar-refractivity contribution is -0.384. The number of amides is 1. The molecule has 0 heterocycles. The Balaban J connectivity index is 1.61. The molecule has 0 aromatic heterocycles. The van der Waals surface area contributed by atoms with Gasteiger partial charge in [0.2, 0.25) is 0 Å². The van der Waals surface area contributed by atoms with Crippen molar-refractivity contribution in [2.45, 2.75) is 25.8 Å². The number of para-hydroxylation sites is 2. The summed E-state index contributed by atoms with van der Waals surface area (Å²) in [6, 6.07) is 11.2. The summed E-state index contributed by atoms with van der Waals surface area (Å²) in [6.07, 6.45) is 1.92. The molecule has 0 aliphatic heterocycles. The smallest absolute Gasteiger partial charge is 0.338 e. The molecule has 1 aliphatic carbocycles. The van der Waals surface area contributed by atoms with Gasteiger partial charge in [0.15, 0.2) is 6.61 Å². The van der Waals surface area contributed by atoms with Crippen molar-refractivity contribution in [3.05, 3.63) is 58.1 Å². The van der Waals surface area contributed by atoms with Crippen molar-refractivity contribution in [3.8, 4) is 5.75 Å². The van der Waals surface area contributed by atoms with Gasteiger partial charge in [0.05, 0.1) is 22.8 Å². The molecule has 29 heavy (non-hydrogen) atoms. The predicted octanol–water partition coefficient (Wildman–Crippen LogP) is 3.36. The Morgan fingerprint density at radius 1 is 1.17 bits per heavy atom. The molecular formula is C20H21N3O6. The maximum atomic E-state index is 12.2. The zero-order chi connectivity index (χ0) is 20.8. The summed E-state index contributed by atoms with van der Waals surface area (Å²) in [5.74, 6) is -0.865. The Labute approximate surface area is 167 Å². The Kier molecular flexibility index (Phi) is 6.28. The number of esters is 1. The lowest BCUT2D eigenvalue weighted by Crippen LogP contribution is -2.21. The Hall–Kier alpha value is -3.62. The highest BCUT2D eigenvalue weighted by Gasteiger charge is 2.26. The fraction of sp³-hybridized carbons (Fsp3) is 0.300. The molecule has 152 valence electrons. The number of nitro groups is 1. The van der Waals surface area contributed by atoms with Gasteiger partial charge in [0, 0.05) is 12.1 Å². The van der Waals surface area contributed by atoms with Gasteiger partial charge in [0.25, 0.3) is 11.6 Å². The third-order valence-electron chi connectivity index (χ3n) is 4.16. The van der Waals surface area contributed by atoms with E-state index in [9.17, 15) is 19.7 Å². The van der Waals surface area contributed by atoms with Crippen molar-refractivity contribution in [3.63, 3.8) is 0 Å². The number of carbonyl (C=O) groups is 2. The SMILES string of the molecule is CCOc1ccccc1NC(=O)COC(=O)c1ccc(NC2CC2)c([N+](=O)[O-])c1. The zero-order valence-corrected chi connectivity index (χ0v) is 15.8. The molecule has 0 radical (unpaired) electrons. The third kappa shape index (κ3) is 5.44. The molecule has 0 atom stereocenters. The number of nitrogens with zero attached hydrogens (tertiary/aromatic N) is 1. The monoisotopic (exact) mass is 399 g/mol. The average Bonchev–Trinajstić information content (AvgIpc) is 3.52. The van der Waals surface area contributed by atoms with E-state index >= 15 is 0 Å². The summed E-state index contributed by atoms with van der Waals surface area (Å²) in [5, 5.41) is 17.0. The average molecular weight is 399 g/mol. The highest BCUT2D eigenvalue weighted by Crippen LogP contribution is 2.31. The first-order chi connectivity index (χ1) is 14.0. The molecule has 2 N–H and O–H groups in total. The van der Waals surface area contributed by atoms with E-state index in [0.29, 0.717) is 23.7 Å². The van der Waals surface area contributed by atoms with Crippen LogP contribution in [0.5, 0.6) is 5.75 Å². The molecule has 1 amide bonds. The summed E-state index contributed by atoms with van der Waals surface area (Å²) < 4.78 is 10.4. The molecule has 0 bridgehead atoms. The molecule has 0 saturated heterocycles. The van der Waals surface area contributed by atoms with Crippen molar-refractivity contribution in [1.82, 2.24) is 0 Å². The number of carbonyl (C=O) groups excluding carboxylic acids is 2. The fourth-order valence-electron chi connectivity index (χ4n) is 2.63. The second-order valence-corrected chi connectivity index (χ2v) is 6.46. The Bertz CT molecular complexity index is 926. The number of benzene rings is 2. The molecule has 3 rings (SSSR count). The quantitative estimate of drug-likeness (QED) is 0.377. The minimum Gasteiger partial charge on any atom is -0.492 e. The van der Waals surface area contributed by atoms with Crippen LogP contribution in [-0.4, -0.2) is 36.1 Å². The van der Waals surface area contributed by atoms with Crippen molar-refractivity contribution in [1.29, 1.82) is 0 Å². The van der Waals surface area contributed by atoms with E-state index in [0.717, 1.165) is 18.9 Å². The predicted molar refractivity (Wildman–Crippen MR) is 106 cm³/mol. The Morgan fingerprint density at radius 3 is 2.62 bits per heavy atom. The molecule has 9 nitrogen and oxygen atoms in total. The van der Waals surface area contributed by atoms with Gasteiger partial charge in [-0.25, -0.2) is 4.79 Å². The van der Waals surface area contributed by atoms with E-state index in [1.807, 2.05) is 6.92 Å². The van der Waals surface area contributed by atoms with Crippen LogP contribution in [0.15, 0.2) is 42.5 Å². The highest BCUT2D eigenvalue weighted by atomic mass is 16.6. The molecule has 0 unspecified atom stereocenters. The minimum absolute atomic E-state index is 0.000522. The van der Waals surface area contributed by atoms with Crippen LogP contribution in [0.4, 0.5) is 17.1 Å². The van der Waals surface area contributed by atoms with E-state index in [1.165, 1.54) is 12.1 Å². The number of rotatable bonds is 9. The summed E-state index contributed by atoms with van der Waals surface area (Å²) >= 11 is 0. The topological polar surface area (TPSA) is 120 Å². The van der Waals surface area contributed by atoms with Crippen LogP contribution in [0.1, 0.15) is 30.1 Å². The first-order valence-electron chi connectivity index (χ1n) is 9.21. The number of nitrogens with one attached hydrogen (secondary N) is 2. The van der Waals surface area contributed by atoms with E-state index in [-0.39, 0.29) is 17.3 Å². The molecular weight excluding hydrogens is 378 g/mol. The number of hydrogen-bond acceptors (Lipinski definition) is 7. The first-order valence-corrected chi connectivity index (χ1v) is 9.21.